The van der Waals surface area contributed by atoms with E-state index >= 15 is 0 Å². The average molecular weight is 340 g/mol. The van der Waals surface area contributed by atoms with Crippen LogP contribution in [0.3, 0.4) is 0 Å². The van der Waals surface area contributed by atoms with Gasteiger partial charge in [0.1, 0.15) is 4.21 Å². The maximum absolute atomic E-state index is 12.1. The molecule has 0 bridgehead atoms. The van der Waals surface area contributed by atoms with Crippen molar-refractivity contribution in [3.8, 4) is 0 Å². The van der Waals surface area contributed by atoms with Crippen molar-refractivity contribution in [1.82, 2.24) is 0 Å². The maximum Gasteiger partial charge on any atom is 0.271 e. The first-order valence-electron chi connectivity index (χ1n) is 6.96. The molecule has 0 atom stereocenters. The van der Waals surface area contributed by atoms with Crippen molar-refractivity contribution < 1.29 is 8.42 Å². The van der Waals surface area contributed by atoms with Crippen LogP contribution in [0.4, 0.5) is 5.69 Å². The van der Waals surface area contributed by atoms with Crippen LogP contribution in [0.5, 0.6) is 0 Å². The third-order valence-corrected chi connectivity index (χ3v) is 7.60. The van der Waals surface area contributed by atoms with Crippen molar-refractivity contribution in [1.29, 1.82) is 0 Å². The van der Waals surface area contributed by atoms with Crippen LogP contribution < -0.4 is 4.72 Å². The first-order valence-corrected chi connectivity index (χ1v) is 10.2. The van der Waals surface area contributed by atoms with Crippen molar-refractivity contribution in [2.45, 2.75) is 40.0 Å². The quantitative estimate of drug-likeness (QED) is 0.867. The van der Waals surface area contributed by atoms with Gasteiger partial charge in [0.05, 0.1) is 0 Å². The van der Waals surface area contributed by atoms with Gasteiger partial charge < -0.3 is 0 Å². The lowest BCUT2D eigenvalue weighted by Gasteiger charge is -2.10. The van der Waals surface area contributed by atoms with Gasteiger partial charge in [-0.2, -0.15) is 0 Å². The number of thiophene rings is 1. The van der Waals surface area contributed by atoms with Crippen LogP contribution >= 0.6 is 23.1 Å². The molecule has 1 fully saturated rings. The number of anilines is 1. The maximum atomic E-state index is 12.1. The summed E-state index contributed by atoms with van der Waals surface area (Å²) < 4.78 is 27.2. The molecule has 112 valence electrons. The zero-order valence-electron chi connectivity index (χ0n) is 11.5. The van der Waals surface area contributed by atoms with Crippen LogP contribution in [0.25, 0.3) is 0 Å². The molecule has 6 heteroatoms. The Labute approximate surface area is 133 Å². The fourth-order valence-corrected chi connectivity index (χ4v) is 5.72. The van der Waals surface area contributed by atoms with Gasteiger partial charge in [-0.15, -0.1) is 23.1 Å². The van der Waals surface area contributed by atoms with Gasteiger partial charge in [-0.3, -0.25) is 4.72 Å². The van der Waals surface area contributed by atoms with Gasteiger partial charge in [-0.05, 0) is 48.6 Å². The standard InChI is InChI=1S/C15H17NO2S3/c17-21(18,15-6-3-11-19-15)16-12-7-9-14(10-8-12)20-13-4-1-2-5-13/h3,6-11,13,16H,1-2,4-5H2. The lowest BCUT2D eigenvalue weighted by atomic mass is 10.3. The molecule has 0 saturated heterocycles. The van der Waals surface area contributed by atoms with E-state index < -0.39 is 10.0 Å². The van der Waals surface area contributed by atoms with Gasteiger partial charge in [0.2, 0.25) is 0 Å². The van der Waals surface area contributed by atoms with E-state index in [9.17, 15) is 8.42 Å². The number of nitrogens with one attached hydrogen (secondary N) is 1. The van der Waals surface area contributed by atoms with E-state index in [2.05, 4.69) is 4.72 Å². The molecule has 1 saturated carbocycles. The van der Waals surface area contributed by atoms with Gasteiger partial charge in [0, 0.05) is 15.8 Å². The van der Waals surface area contributed by atoms with E-state index in [1.165, 1.54) is 41.9 Å². The molecule has 1 aromatic heterocycles. The van der Waals surface area contributed by atoms with Crippen molar-refractivity contribution in [3.63, 3.8) is 0 Å². The summed E-state index contributed by atoms with van der Waals surface area (Å²) in [5, 5.41) is 2.48. The van der Waals surface area contributed by atoms with E-state index in [0.717, 1.165) is 5.25 Å². The first-order chi connectivity index (χ1) is 10.1. The Bertz CT molecular complexity index is 672. The highest BCUT2D eigenvalue weighted by atomic mass is 32.2. The summed E-state index contributed by atoms with van der Waals surface area (Å²) >= 11 is 3.12. The van der Waals surface area contributed by atoms with Crippen molar-refractivity contribution >= 4 is 38.8 Å². The Morgan fingerprint density at radius 3 is 2.43 bits per heavy atom. The fourth-order valence-electron chi connectivity index (χ4n) is 2.42. The Balaban J connectivity index is 1.67. The molecule has 1 heterocycles. The molecule has 0 unspecified atom stereocenters. The highest BCUT2D eigenvalue weighted by Crippen LogP contribution is 2.35. The van der Waals surface area contributed by atoms with Crippen LogP contribution in [0.2, 0.25) is 0 Å². The SMILES string of the molecule is O=S(=O)(Nc1ccc(SC2CCCC2)cc1)c1cccs1. The molecule has 21 heavy (non-hydrogen) atoms. The van der Waals surface area contributed by atoms with Crippen LogP contribution in [0.1, 0.15) is 25.7 Å². The molecule has 0 radical (unpaired) electrons. The fraction of sp³-hybridized carbons (Fsp3) is 0.333. The largest absolute Gasteiger partial charge is 0.279 e. The van der Waals surface area contributed by atoms with E-state index in [0.29, 0.717) is 9.90 Å². The Morgan fingerprint density at radius 2 is 1.81 bits per heavy atom. The normalized spacial score (nSPS) is 16.2. The molecule has 0 aliphatic heterocycles. The lowest BCUT2D eigenvalue weighted by molar-refractivity contribution is 0.603. The minimum atomic E-state index is -3.44. The van der Waals surface area contributed by atoms with E-state index in [1.54, 1.807) is 17.5 Å². The number of hydrogen-bond donors (Lipinski definition) is 1. The minimum Gasteiger partial charge on any atom is -0.279 e. The number of hydrogen-bond acceptors (Lipinski definition) is 4. The summed E-state index contributed by atoms with van der Waals surface area (Å²) in [6.07, 6.45) is 5.24. The second-order valence-electron chi connectivity index (χ2n) is 5.09. The number of rotatable bonds is 5. The van der Waals surface area contributed by atoms with Gasteiger partial charge in [-0.1, -0.05) is 18.9 Å². The zero-order chi connectivity index (χ0) is 14.7. The average Bonchev–Trinajstić information content (AvgIpc) is 3.13. The predicted octanol–water partition coefficient (Wildman–Crippen LogP) is 4.58. The Hall–Kier alpha value is -0.980. The molecule has 1 aliphatic rings. The molecule has 0 spiro atoms. The highest BCUT2D eigenvalue weighted by molar-refractivity contribution is 8.00. The van der Waals surface area contributed by atoms with Gasteiger partial charge in [0.25, 0.3) is 10.0 Å². The highest BCUT2D eigenvalue weighted by Gasteiger charge is 2.17. The number of thioether (sulfide) groups is 1. The molecule has 3 rings (SSSR count). The van der Waals surface area contributed by atoms with Crippen LogP contribution in [0.15, 0.2) is 50.9 Å². The Kier molecular flexibility index (Phi) is 4.57. The van der Waals surface area contributed by atoms with Gasteiger partial charge in [-0.25, -0.2) is 8.42 Å². The van der Waals surface area contributed by atoms with Crippen LogP contribution in [0, 0.1) is 0 Å². The molecular weight excluding hydrogens is 322 g/mol. The van der Waals surface area contributed by atoms with Crippen molar-refractivity contribution in [3.05, 3.63) is 41.8 Å². The number of benzene rings is 1. The molecule has 1 N–H and O–H groups in total. The van der Waals surface area contributed by atoms with E-state index in [4.69, 9.17) is 0 Å². The molecule has 3 nitrogen and oxygen atoms in total. The second kappa shape index (κ2) is 6.42. The molecule has 0 amide bonds. The molecule has 2 aromatic rings. The molecule has 1 aliphatic carbocycles. The summed E-state index contributed by atoms with van der Waals surface area (Å²) in [4.78, 5) is 1.21. The minimum absolute atomic E-state index is 0.340. The summed E-state index contributed by atoms with van der Waals surface area (Å²) in [5.74, 6) is 0. The molecular formula is C15H17NO2S3. The molecule has 1 aromatic carbocycles. The van der Waals surface area contributed by atoms with Crippen molar-refractivity contribution in [2.75, 3.05) is 4.72 Å². The summed E-state index contributed by atoms with van der Waals surface area (Å²) in [6, 6.07) is 11.0. The monoisotopic (exact) mass is 339 g/mol. The topological polar surface area (TPSA) is 46.2 Å². The van der Waals surface area contributed by atoms with Crippen LogP contribution in [-0.2, 0) is 10.0 Å². The summed E-state index contributed by atoms with van der Waals surface area (Å²) in [6.45, 7) is 0. The van der Waals surface area contributed by atoms with Gasteiger partial charge >= 0.3 is 0 Å². The van der Waals surface area contributed by atoms with E-state index in [-0.39, 0.29) is 0 Å². The number of sulfonamides is 1. The third kappa shape index (κ3) is 3.81. The first kappa shape index (κ1) is 14.9. The van der Waals surface area contributed by atoms with Crippen LogP contribution in [-0.4, -0.2) is 13.7 Å². The van der Waals surface area contributed by atoms with Crippen molar-refractivity contribution in [2.24, 2.45) is 0 Å². The smallest absolute Gasteiger partial charge is 0.271 e. The second-order valence-corrected chi connectivity index (χ2v) is 9.32. The third-order valence-electron chi connectivity index (χ3n) is 3.47. The summed E-state index contributed by atoms with van der Waals surface area (Å²) in [5.41, 5.74) is 0.610. The zero-order valence-corrected chi connectivity index (χ0v) is 13.9. The summed E-state index contributed by atoms with van der Waals surface area (Å²) in [7, 11) is -3.44. The predicted molar refractivity (Wildman–Crippen MR) is 89.7 cm³/mol. The Morgan fingerprint density at radius 1 is 1.10 bits per heavy atom. The van der Waals surface area contributed by atoms with E-state index in [1.807, 2.05) is 36.0 Å². The van der Waals surface area contributed by atoms with Gasteiger partial charge in [0.15, 0.2) is 0 Å². The lowest BCUT2D eigenvalue weighted by Crippen LogP contribution is -2.11.